The highest BCUT2D eigenvalue weighted by molar-refractivity contribution is 7.91. The lowest BCUT2D eigenvalue weighted by Gasteiger charge is -2.34. The van der Waals surface area contributed by atoms with E-state index in [-0.39, 0.29) is 5.75 Å². The first-order chi connectivity index (χ1) is 7.02. The minimum absolute atomic E-state index is 0.224. The van der Waals surface area contributed by atoms with E-state index in [1.165, 1.54) is 0 Å². The van der Waals surface area contributed by atoms with Crippen molar-refractivity contribution in [1.82, 2.24) is 0 Å². The third-order valence-corrected chi connectivity index (χ3v) is 4.47. The minimum Gasteiger partial charge on any atom is -0.367 e. The van der Waals surface area contributed by atoms with Crippen LogP contribution in [0.5, 0.6) is 0 Å². The van der Waals surface area contributed by atoms with Crippen LogP contribution in [0.3, 0.4) is 0 Å². The number of nitrogens with zero attached hydrogens (tertiary/aromatic N) is 1. The highest BCUT2D eigenvalue weighted by atomic mass is 32.2. The summed E-state index contributed by atoms with van der Waals surface area (Å²) in [6, 6.07) is 7.57. The highest BCUT2D eigenvalue weighted by Gasteiger charge is 2.28. The van der Waals surface area contributed by atoms with E-state index >= 15 is 0 Å². The maximum atomic E-state index is 11.8. The van der Waals surface area contributed by atoms with Crippen LogP contribution in [0.2, 0.25) is 0 Å². The van der Waals surface area contributed by atoms with Crippen molar-refractivity contribution in [3.05, 3.63) is 24.3 Å². The van der Waals surface area contributed by atoms with Crippen LogP contribution in [-0.4, -0.2) is 26.8 Å². The Morgan fingerprint density at radius 3 is 2.60 bits per heavy atom. The SMILES string of the molecule is CC(C)N1CCS(=O)(=O)c2ccccc21. The van der Waals surface area contributed by atoms with Crippen molar-refractivity contribution in [2.75, 3.05) is 17.2 Å². The Morgan fingerprint density at radius 2 is 1.93 bits per heavy atom. The molecule has 1 heterocycles. The van der Waals surface area contributed by atoms with Crippen molar-refractivity contribution in [2.45, 2.75) is 24.8 Å². The lowest BCUT2D eigenvalue weighted by atomic mass is 10.2. The Kier molecular flexibility index (Phi) is 2.46. The van der Waals surface area contributed by atoms with Crippen molar-refractivity contribution < 1.29 is 8.42 Å². The van der Waals surface area contributed by atoms with Gasteiger partial charge in [0.25, 0.3) is 0 Å². The Balaban J connectivity index is 2.59. The van der Waals surface area contributed by atoms with Crippen LogP contribution in [0.15, 0.2) is 29.2 Å². The van der Waals surface area contributed by atoms with Gasteiger partial charge in [0.05, 0.1) is 16.3 Å². The lowest BCUT2D eigenvalue weighted by molar-refractivity contribution is 0.584. The number of anilines is 1. The van der Waals surface area contributed by atoms with E-state index in [1.54, 1.807) is 12.1 Å². The number of rotatable bonds is 1. The first-order valence-corrected chi connectivity index (χ1v) is 6.76. The maximum absolute atomic E-state index is 11.8. The zero-order valence-corrected chi connectivity index (χ0v) is 9.79. The summed E-state index contributed by atoms with van der Waals surface area (Å²) in [6.07, 6.45) is 0. The Bertz CT molecular complexity index is 465. The van der Waals surface area contributed by atoms with Gasteiger partial charge >= 0.3 is 0 Å². The fourth-order valence-corrected chi connectivity index (χ4v) is 3.39. The number of hydrogen-bond donors (Lipinski definition) is 0. The molecule has 1 aliphatic rings. The van der Waals surface area contributed by atoms with Gasteiger partial charge in [-0.15, -0.1) is 0 Å². The molecule has 0 bridgehead atoms. The highest BCUT2D eigenvalue weighted by Crippen LogP contribution is 2.31. The van der Waals surface area contributed by atoms with Gasteiger partial charge in [0, 0.05) is 12.6 Å². The van der Waals surface area contributed by atoms with Crippen molar-refractivity contribution in [3.8, 4) is 0 Å². The van der Waals surface area contributed by atoms with Gasteiger partial charge < -0.3 is 4.90 Å². The first-order valence-electron chi connectivity index (χ1n) is 5.11. The van der Waals surface area contributed by atoms with E-state index in [9.17, 15) is 8.42 Å². The first kappa shape index (κ1) is 10.5. The molecule has 0 unspecified atom stereocenters. The molecule has 2 rings (SSSR count). The molecule has 0 atom stereocenters. The topological polar surface area (TPSA) is 37.4 Å². The predicted octanol–water partition coefficient (Wildman–Crippen LogP) is 1.69. The Labute approximate surface area is 90.6 Å². The normalized spacial score (nSPS) is 19.0. The third kappa shape index (κ3) is 1.74. The summed E-state index contributed by atoms with van der Waals surface area (Å²) in [5.41, 5.74) is 0.846. The molecular formula is C11H15NO2S. The van der Waals surface area contributed by atoms with Crippen molar-refractivity contribution >= 4 is 15.5 Å². The second-order valence-electron chi connectivity index (χ2n) is 4.07. The fourth-order valence-electron chi connectivity index (χ4n) is 1.94. The standard InChI is InChI=1S/C11H15NO2S/c1-9(2)12-7-8-15(13,14)11-6-4-3-5-10(11)12/h3-6,9H,7-8H2,1-2H3. The average Bonchev–Trinajstić information content (AvgIpc) is 2.17. The van der Waals surface area contributed by atoms with E-state index in [4.69, 9.17) is 0 Å². The van der Waals surface area contributed by atoms with Gasteiger partial charge in [-0.25, -0.2) is 8.42 Å². The van der Waals surface area contributed by atoms with Crippen LogP contribution < -0.4 is 4.90 Å². The van der Waals surface area contributed by atoms with Gasteiger partial charge in [0.15, 0.2) is 9.84 Å². The summed E-state index contributed by atoms with van der Waals surface area (Å²) in [5, 5.41) is 0. The van der Waals surface area contributed by atoms with Gasteiger partial charge in [-0.3, -0.25) is 0 Å². The van der Waals surface area contributed by atoms with Crippen LogP contribution >= 0.6 is 0 Å². The number of para-hydroxylation sites is 1. The second kappa shape index (κ2) is 3.52. The van der Waals surface area contributed by atoms with Crippen LogP contribution in [-0.2, 0) is 9.84 Å². The summed E-state index contributed by atoms with van der Waals surface area (Å²) in [5.74, 6) is 0.224. The summed E-state index contributed by atoms with van der Waals surface area (Å²) in [7, 11) is -3.05. The molecule has 15 heavy (non-hydrogen) atoms. The van der Waals surface area contributed by atoms with Crippen LogP contribution in [0.4, 0.5) is 5.69 Å². The number of sulfone groups is 1. The molecule has 82 valence electrons. The molecule has 3 nitrogen and oxygen atoms in total. The van der Waals surface area contributed by atoms with E-state index in [1.807, 2.05) is 12.1 Å². The molecule has 1 aromatic carbocycles. The zero-order chi connectivity index (χ0) is 11.1. The lowest BCUT2D eigenvalue weighted by Crippen LogP contribution is -2.39. The zero-order valence-electron chi connectivity index (χ0n) is 8.97. The Hall–Kier alpha value is -1.03. The average molecular weight is 225 g/mol. The van der Waals surface area contributed by atoms with Gasteiger partial charge in [-0.2, -0.15) is 0 Å². The molecule has 0 amide bonds. The van der Waals surface area contributed by atoms with E-state index < -0.39 is 9.84 Å². The summed E-state index contributed by atoms with van der Waals surface area (Å²) in [4.78, 5) is 2.61. The molecule has 0 N–H and O–H groups in total. The molecule has 0 aromatic heterocycles. The summed E-state index contributed by atoms with van der Waals surface area (Å²) < 4.78 is 23.6. The number of fused-ring (bicyclic) bond motifs is 1. The van der Waals surface area contributed by atoms with Crippen LogP contribution in [0.25, 0.3) is 0 Å². The van der Waals surface area contributed by atoms with Gasteiger partial charge in [0.1, 0.15) is 0 Å². The quantitative estimate of drug-likeness (QED) is 0.730. The summed E-state index contributed by atoms with van der Waals surface area (Å²) >= 11 is 0. The van der Waals surface area contributed by atoms with Crippen LogP contribution in [0, 0.1) is 0 Å². The third-order valence-electron chi connectivity index (χ3n) is 2.73. The number of hydrogen-bond acceptors (Lipinski definition) is 3. The smallest absolute Gasteiger partial charge is 0.182 e. The molecule has 1 aliphatic heterocycles. The van der Waals surface area contributed by atoms with Gasteiger partial charge in [-0.05, 0) is 26.0 Å². The van der Waals surface area contributed by atoms with Crippen LogP contribution in [0.1, 0.15) is 13.8 Å². The predicted molar refractivity (Wildman–Crippen MR) is 61.0 cm³/mol. The molecule has 1 aromatic rings. The van der Waals surface area contributed by atoms with Crippen molar-refractivity contribution in [3.63, 3.8) is 0 Å². The largest absolute Gasteiger partial charge is 0.367 e. The molecule has 0 saturated heterocycles. The molecule has 0 radical (unpaired) electrons. The molecule has 0 spiro atoms. The van der Waals surface area contributed by atoms with Gasteiger partial charge in [0.2, 0.25) is 0 Å². The number of benzene rings is 1. The minimum atomic E-state index is -3.05. The summed E-state index contributed by atoms with van der Waals surface area (Å²) in [6.45, 7) is 4.75. The second-order valence-corrected chi connectivity index (χ2v) is 6.15. The Morgan fingerprint density at radius 1 is 1.27 bits per heavy atom. The van der Waals surface area contributed by atoms with Gasteiger partial charge in [-0.1, -0.05) is 12.1 Å². The molecule has 0 fully saturated rings. The van der Waals surface area contributed by atoms with E-state index in [0.717, 1.165) is 5.69 Å². The van der Waals surface area contributed by atoms with E-state index in [2.05, 4.69) is 18.7 Å². The monoisotopic (exact) mass is 225 g/mol. The maximum Gasteiger partial charge on any atom is 0.182 e. The van der Waals surface area contributed by atoms with E-state index in [0.29, 0.717) is 17.5 Å². The van der Waals surface area contributed by atoms with Crippen molar-refractivity contribution in [1.29, 1.82) is 0 Å². The molecule has 0 saturated carbocycles. The molecule has 4 heteroatoms. The molecular weight excluding hydrogens is 210 g/mol. The fraction of sp³-hybridized carbons (Fsp3) is 0.455. The molecule has 0 aliphatic carbocycles. The van der Waals surface area contributed by atoms with Crippen molar-refractivity contribution in [2.24, 2.45) is 0 Å².